The number of fused-ring (bicyclic) bond motifs is 1. The molecule has 0 amide bonds. The fraction of sp³-hybridized carbons (Fsp3) is 0.308. The van der Waals surface area contributed by atoms with Crippen LogP contribution in [-0.4, -0.2) is 20.8 Å². The van der Waals surface area contributed by atoms with Crippen LogP contribution in [0.4, 0.5) is 5.82 Å². The van der Waals surface area contributed by atoms with Crippen molar-refractivity contribution in [3.05, 3.63) is 50.7 Å². The van der Waals surface area contributed by atoms with Gasteiger partial charge in [-0.2, -0.15) is 4.68 Å². The van der Waals surface area contributed by atoms with Crippen molar-refractivity contribution in [3.8, 4) is 5.75 Å². The second kappa shape index (κ2) is 4.79. The van der Waals surface area contributed by atoms with Gasteiger partial charge in [0.15, 0.2) is 5.02 Å². The number of hydrogen-bond acceptors (Lipinski definition) is 4. The summed E-state index contributed by atoms with van der Waals surface area (Å²) in [7, 11) is 0. The predicted octanol–water partition coefficient (Wildman–Crippen LogP) is 2.76. The summed E-state index contributed by atoms with van der Waals surface area (Å²) in [5.41, 5.74) is 2.34. The lowest BCUT2D eigenvalue weighted by molar-refractivity contribution is -0.389. The molecule has 1 aromatic heterocycles. The second-order valence-electron chi connectivity index (χ2n) is 4.83. The van der Waals surface area contributed by atoms with Gasteiger partial charge in [0.1, 0.15) is 11.9 Å². The van der Waals surface area contributed by atoms with E-state index in [0.717, 1.165) is 17.7 Å². The lowest BCUT2D eigenvalue weighted by Gasteiger charge is -2.07. The number of aryl methyl sites for hydroxylation is 1. The Morgan fingerprint density at radius 3 is 3.10 bits per heavy atom. The van der Waals surface area contributed by atoms with Crippen molar-refractivity contribution in [3.63, 3.8) is 0 Å². The number of aromatic nitrogens is 2. The molecule has 1 aromatic carbocycles. The van der Waals surface area contributed by atoms with Gasteiger partial charge in [0.25, 0.3) is 0 Å². The Kier molecular flexibility index (Phi) is 3.10. The van der Waals surface area contributed by atoms with Crippen LogP contribution in [0.3, 0.4) is 0 Å². The lowest BCUT2D eigenvalue weighted by Crippen LogP contribution is -2.21. The highest BCUT2D eigenvalue weighted by Crippen LogP contribution is 2.30. The van der Waals surface area contributed by atoms with Gasteiger partial charge in [0, 0.05) is 6.42 Å². The number of halogens is 1. The summed E-state index contributed by atoms with van der Waals surface area (Å²) in [6, 6.07) is 6.04. The fourth-order valence-corrected chi connectivity index (χ4v) is 2.58. The largest absolute Gasteiger partial charge is 0.488 e. The zero-order valence-corrected chi connectivity index (χ0v) is 11.5. The van der Waals surface area contributed by atoms with Gasteiger partial charge in [0.2, 0.25) is 0 Å². The first kappa shape index (κ1) is 12.9. The quantitative estimate of drug-likeness (QED) is 0.644. The van der Waals surface area contributed by atoms with Gasteiger partial charge >= 0.3 is 5.82 Å². The van der Waals surface area contributed by atoms with Gasteiger partial charge in [-0.15, -0.1) is 0 Å². The third-order valence-corrected chi connectivity index (χ3v) is 3.49. The molecule has 0 saturated carbocycles. The number of rotatable bonds is 3. The highest BCUT2D eigenvalue weighted by Gasteiger charge is 2.26. The lowest BCUT2D eigenvalue weighted by atomic mass is 10.1. The van der Waals surface area contributed by atoms with Gasteiger partial charge in [-0.05, 0) is 23.5 Å². The minimum atomic E-state index is -0.591. The van der Waals surface area contributed by atoms with Crippen molar-refractivity contribution in [1.82, 2.24) is 9.78 Å². The topological polar surface area (TPSA) is 70.2 Å². The van der Waals surface area contributed by atoms with Gasteiger partial charge in [-0.25, -0.2) is 0 Å². The molecule has 0 bridgehead atoms. The molecule has 0 saturated heterocycles. The highest BCUT2D eigenvalue weighted by molar-refractivity contribution is 6.32. The summed E-state index contributed by atoms with van der Waals surface area (Å²) < 4.78 is 7.26. The standard InChI is InChI=1S/C13H12ClN3O3/c1-8-2-3-12-9(4-8)5-10(20-12)6-16-7-11(14)13(15-16)17(18)19/h2-4,7,10H,5-6H2,1H3. The zero-order chi connectivity index (χ0) is 14.3. The van der Waals surface area contributed by atoms with Crippen LogP contribution >= 0.6 is 11.6 Å². The van der Waals surface area contributed by atoms with Crippen molar-refractivity contribution in [2.45, 2.75) is 26.0 Å². The average Bonchev–Trinajstić information content (AvgIpc) is 2.92. The maximum atomic E-state index is 10.7. The number of hydrogen-bond donors (Lipinski definition) is 0. The molecule has 0 N–H and O–H groups in total. The normalized spacial score (nSPS) is 16.8. The molecule has 1 atom stereocenters. The summed E-state index contributed by atoms with van der Waals surface area (Å²) >= 11 is 5.77. The predicted molar refractivity (Wildman–Crippen MR) is 73.2 cm³/mol. The average molecular weight is 294 g/mol. The molecule has 20 heavy (non-hydrogen) atoms. The summed E-state index contributed by atoms with van der Waals surface area (Å²) in [4.78, 5) is 10.1. The summed E-state index contributed by atoms with van der Waals surface area (Å²) in [5, 5.41) is 14.6. The number of ether oxygens (including phenoxy) is 1. The van der Waals surface area contributed by atoms with E-state index in [4.69, 9.17) is 16.3 Å². The molecule has 0 spiro atoms. The number of nitro groups is 1. The van der Waals surface area contributed by atoms with Crippen molar-refractivity contribution in [2.24, 2.45) is 0 Å². The van der Waals surface area contributed by atoms with Crippen LogP contribution in [0.2, 0.25) is 5.02 Å². The summed E-state index contributed by atoms with van der Waals surface area (Å²) in [6.07, 6.45) is 2.14. The first-order valence-electron chi connectivity index (χ1n) is 6.16. The first-order valence-corrected chi connectivity index (χ1v) is 6.54. The summed E-state index contributed by atoms with van der Waals surface area (Å²) in [5.74, 6) is 0.548. The Balaban J connectivity index is 1.75. The molecule has 2 aromatic rings. The third-order valence-electron chi connectivity index (χ3n) is 3.22. The van der Waals surface area contributed by atoms with Crippen LogP contribution in [0.15, 0.2) is 24.4 Å². The molecule has 1 unspecified atom stereocenters. The fourth-order valence-electron chi connectivity index (χ4n) is 2.36. The molecule has 104 valence electrons. The van der Waals surface area contributed by atoms with E-state index in [-0.39, 0.29) is 16.9 Å². The van der Waals surface area contributed by atoms with E-state index < -0.39 is 4.92 Å². The van der Waals surface area contributed by atoms with Gasteiger partial charge < -0.3 is 14.9 Å². The zero-order valence-electron chi connectivity index (χ0n) is 10.7. The second-order valence-corrected chi connectivity index (χ2v) is 5.24. The molecule has 1 aliphatic heterocycles. The van der Waals surface area contributed by atoms with Crippen molar-refractivity contribution >= 4 is 17.4 Å². The smallest absolute Gasteiger partial charge is 0.408 e. The van der Waals surface area contributed by atoms with Gasteiger partial charge in [0.05, 0.1) is 17.8 Å². The van der Waals surface area contributed by atoms with Gasteiger partial charge in [-0.3, -0.25) is 0 Å². The maximum Gasteiger partial charge on any atom is 0.408 e. The summed E-state index contributed by atoms with van der Waals surface area (Å²) in [6.45, 7) is 2.46. The van der Waals surface area contributed by atoms with E-state index in [1.165, 1.54) is 16.4 Å². The van der Waals surface area contributed by atoms with Gasteiger partial charge in [-0.1, -0.05) is 29.3 Å². The maximum absolute atomic E-state index is 10.7. The molecule has 3 rings (SSSR count). The van der Waals surface area contributed by atoms with E-state index in [9.17, 15) is 10.1 Å². The van der Waals surface area contributed by atoms with Crippen LogP contribution in [0.1, 0.15) is 11.1 Å². The monoisotopic (exact) mass is 293 g/mol. The van der Waals surface area contributed by atoms with Crippen LogP contribution in [0, 0.1) is 17.0 Å². The molecule has 0 radical (unpaired) electrons. The molecule has 0 aliphatic carbocycles. The Bertz CT molecular complexity index is 683. The Labute approximate surface area is 120 Å². The first-order chi connectivity index (χ1) is 9.52. The molecule has 1 aliphatic rings. The molecular weight excluding hydrogens is 282 g/mol. The Hall–Kier alpha value is -2.08. The molecule has 0 fully saturated rings. The van der Waals surface area contributed by atoms with Crippen LogP contribution in [0.25, 0.3) is 0 Å². The van der Waals surface area contributed by atoms with E-state index >= 15 is 0 Å². The highest BCUT2D eigenvalue weighted by atomic mass is 35.5. The van der Waals surface area contributed by atoms with Crippen molar-refractivity contribution in [1.29, 1.82) is 0 Å². The van der Waals surface area contributed by atoms with Crippen molar-refractivity contribution in [2.75, 3.05) is 0 Å². The Morgan fingerprint density at radius 2 is 2.40 bits per heavy atom. The molecule has 2 heterocycles. The van der Waals surface area contributed by atoms with Crippen LogP contribution in [-0.2, 0) is 13.0 Å². The minimum absolute atomic E-state index is 0.0429. The molecule has 7 heteroatoms. The van der Waals surface area contributed by atoms with Crippen LogP contribution in [0.5, 0.6) is 5.75 Å². The van der Waals surface area contributed by atoms with E-state index in [2.05, 4.69) is 11.2 Å². The SMILES string of the molecule is Cc1ccc2c(c1)CC(Cn1cc(Cl)c([N+](=O)[O-])n1)O2. The number of benzene rings is 1. The van der Waals surface area contributed by atoms with E-state index in [1.807, 2.05) is 19.1 Å². The van der Waals surface area contributed by atoms with Crippen LogP contribution < -0.4 is 4.74 Å². The molecule has 6 nitrogen and oxygen atoms in total. The minimum Gasteiger partial charge on any atom is -0.488 e. The number of nitrogens with zero attached hydrogens (tertiary/aromatic N) is 3. The van der Waals surface area contributed by atoms with E-state index in [0.29, 0.717) is 6.54 Å². The van der Waals surface area contributed by atoms with E-state index in [1.54, 1.807) is 0 Å². The Morgan fingerprint density at radius 1 is 1.60 bits per heavy atom. The molecular formula is C13H12ClN3O3. The van der Waals surface area contributed by atoms with Crippen molar-refractivity contribution < 1.29 is 9.66 Å². The third kappa shape index (κ3) is 2.34.